The maximum atomic E-state index is 13.9. The summed E-state index contributed by atoms with van der Waals surface area (Å²) in [6.45, 7) is 1.64. The number of hydrogen-bond donors (Lipinski definition) is 1. The number of sulfonamides is 1. The molecule has 5 rings (SSSR count). The van der Waals surface area contributed by atoms with Crippen LogP contribution in [0.25, 0.3) is 11.1 Å². The standard InChI is InChI=1S/C25H18Cl2N6O3S/c1-25(11-15-2-4-16(5-3-15)17-6-7-20(12-28)30-13-17)23(34)32(21-9-18(26)8-19(27)10-21)24-31-14-22(33(24)25)37(29,35)36/h2-10,13-14H,11H2,1H3,(H2,29,35,36)/t25-/m1/s1. The fraction of sp³-hybridized carbons (Fsp3) is 0.120. The van der Waals surface area contributed by atoms with Crippen molar-refractivity contribution in [2.45, 2.75) is 23.9 Å². The van der Waals surface area contributed by atoms with Gasteiger partial charge in [-0.2, -0.15) is 5.26 Å². The average Bonchev–Trinajstić information content (AvgIpc) is 3.37. The molecule has 1 atom stereocenters. The predicted octanol–water partition coefficient (Wildman–Crippen LogP) is 4.41. The maximum Gasteiger partial charge on any atom is 0.260 e. The van der Waals surface area contributed by atoms with Gasteiger partial charge < -0.3 is 0 Å². The smallest absolute Gasteiger partial charge is 0.260 e. The zero-order valence-corrected chi connectivity index (χ0v) is 21.6. The number of nitrogens with zero attached hydrogens (tertiary/aromatic N) is 5. The molecule has 0 spiro atoms. The Labute approximate surface area is 222 Å². The van der Waals surface area contributed by atoms with E-state index in [9.17, 15) is 13.2 Å². The molecule has 0 radical (unpaired) electrons. The Kier molecular flexibility index (Phi) is 6.04. The number of primary sulfonamides is 1. The number of carbonyl (C=O) groups excluding carboxylic acids is 1. The van der Waals surface area contributed by atoms with Gasteiger partial charge in [-0.05, 0) is 48.4 Å². The number of rotatable bonds is 5. The number of imidazole rings is 1. The van der Waals surface area contributed by atoms with E-state index in [0.717, 1.165) is 22.9 Å². The number of nitriles is 1. The molecule has 4 aromatic rings. The van der Waals surface area contributed by atoms with Gasteiger partial charge in [-0.15, -0.1) is 0 Å². The Balaban J connectivity index is 1.57. The third-order valence-corrected chi connectivity index (χ3v) is 7.49. The summed E-state index contributed by atoms with van der Waals surface area (Å²) >= 11 is 12.4. The number of benzene rings is 2. The quantitative estimate of drug-likeness (QED) is 0.389. The maximum absolute atomic E-state index is 13.9. The van der Waals surface area contributed by atoms with Crippen LogP contribution in [0.2, 0.25) is 10.0 Å². The lowest BCUT2D eigenvalue weighted by molar-refractivity contribution is -0.124. The summed E-state index contributed by atoms with van der Waals surface area (Å²) in [5.74, 6) is -0.325. The molecule has 1 aliphatic heterocycles. The molecule has 0 unspecified atom stereocenters. The summed E-state index contributed by atoms with van der Waals surface area (Å²) in [6, 6.07) is 17.5. The van der Waals surface area contributed by atoms with Gasteiger partial charge >= 0.3 is 0 Å². The molecule has 2 N–H and O–H groups in total. The van der Waals surface area contributed by atoms with Gasteiger partial charge in [-0.25, -0.2) is 28.4 Å². The van der Waals surface area contributed by atoms with Gasteiger partial charge in [0.25, 0.3) is 15.9 Å². The van der Waals surface area contributed by atoms with E-state index in [0.29, 0.717) is 21.4 Å². The number of amides is 1. The van der Waals surface area contributed by atoms with Crippen molar-refractivity contribution in [1.82, 2.24) is 14.5 Å². The van der Waals surface area contributed by atoms with Crippen molar-refractivity contribution in [3.63, 3.8) is 0 Å². The van der Waals surface area contributed by atoms with Gasteiger partial charge in [0.1, 0.15) is 17.3 Å². The highest BCUT2D eigenvalue weighted by molar-refractivity contribution is 7.89. The van der Waals surface area contributed by atoms with Gasteiger partial charge in [0.05, 0.1) is 11.9 Å². The minimum absolute atomic E-state index is 0.0927. The second-order valence-corrected chi connectivity index (χ2v) is 11.1. The molecular weight excluding hydrogens is 535 g/mol. The number of halogens is 2. The van der Waals surface area contributed by atoms with E-state index >= 15 is 0 Å². The molecular formula is C25H18Cl2N6O3S. The van der Waals surface area contributed by atoms with Crippen molar-refractivity contribution in [2.75, 3.05) is 4.90 Å². The summed E-state index contributed by atoms with van der Waals surface area (Å²) < 4.78 is 26.2. The van der Waals surface area contributed by atoms with Gasteiger partial charge in [-0.1, -0.05) is 47.5 Å². The third-order valence-electron chi connectivity index (χ3n) is 6.18. The van der Waals surface area contributed by atoms with E-state index in [2.05, 4.69) is 9.97 Å². The zero-order chi connectivity index (χ0) is 26.5. The second-order valence-electron chi connectivity index (χ2n) is 8.74. The average molecular weight is 553 g/mol. The Bertz CT molecular complexity index is 1680. The number of anilines is 2. The lowest BCUT2D eigenvalue weighted by Crippen LogP contribution is -2.42. The minimum atomic E-state index is -4.20. The Morgan fingerprint density at radius 1 is 1.00 bits per heavy atom. The number of hydrogen-bond acceptors (Lipinski definition) is 6. The van der Waals surface area contributed by atoms with Crippen LogP contribution in [0.4, 0.5) is 11.6 Å². The largest absolute Gasteiger partial charge is 0.284 e. The molecule has 37 heavy (non-hydrogen) atoms. The van der Waals surface area contributed by atoms with Crippen molar-refractivity contribution < 1.29 is 13.2 Å². The topological polar surface area (TPSA) is 135 Å². The molecule has 0 saturated heterocycles. The highest BCUT2D eigenvalue weighted by atomic mass is 35.5. The third kappa shape index (κ3) is 4.36. The molecule has 186 valence electrons. The molecule has 1 aliphatic rings. The SMILES string of the molecule is C[C@@]1(Cc2ccc(-c3ccc(C#N)nc3)cc2)C(=O)N(c2cc(Cl)cc(Cl)c2)c2ncc(S(N)(=O)=O)n21. The van der Waals surface area contributed by atoms with Crippen LogP contribution >= 0.6 is 23.2 Å². The van der Waals surface area contributed by atoms with E-state index in [4.69, 9.17) is 33.6 Å². The van der Waals surface area contributed by atoms with E-state index < -0.39 is 21.5 Å². The monoisotopic (exact) mass is 552 g/mol. The normalized spacial score (nSPS) is 17.1. The fourth-order valence-corrected chi connectivity index (χ4v) is 5.73. The Morgan fingerprint density at radius 3 is 2.22 bits per heavy atom. The summed E-state index contributed by atoms with van der Waals surface area (Å²) in [6.07, 6.45) is 2.89. The van der Waals surface area contributed by atoms with Crippen LogP contribution in [0, 0.1) is 11.3 Å². The van der Waals surface area contributed by atoms with Crippen molar-refractivity contribution in [1.29, 1.82) is 5.26 Å². The number of nitrogens with two attached hydrogens (primary N) is 1. The van der Waals surface area contributed by atoms with Crippen LogP contribution < -0.4 is 10.0 Å². The minimum Gasteiger partial charge on any atom is -0.284 e. The summed E-state index contributed by atoms with van der Waals surface area (Å²) in [4.78, 5) is 23.5. The van der Waals surface area contributed by atoms with Gasteiger partial charge in [0, 0.05) is 28.2 Å². The summed E-state index contributed by atoms with van der Waals surface area (Å²) in [5.41, 5.74) is 1.76. The van der Waals surface area contributed by atoms with E-state index in [1.165, 1.54) is 15.5 Å². The lowest BCUT2D eigenvalue weighted by atomic mass is 9.91. The molecule has 9 nitrogen and oxygen atoms in total. The molecule has 2 aromatic carbocycles. The molecule has 12 heteroatoms. The van der Waals surface area contributed by atoms with Gasteiger partial charge in [0.2, 0.25) is 5.95 Å². The van der Waals surface area contributed by atoms with Crippen LogP contribution in [-0.2, 0) is 26.8 Å². The Hall–Kier alpha value is -3.75. The van der Waals surface area contributed by atoms with E-state index in [-0.39, 0.29) is 17.4 Å². The van der Waals surface area contributed by atoms with Crippen molar-refractivity contribution in [3.05, 3.63) is 88.3 Å². The highest BCUT2D eigenvalue weighted by Crippen LogP contribution is 2.44. The van der Waals surface area contributed by atoms with Gasteiger partial charge in [0.15, 0.2) is 5.03 Å². The highest BCUT2D eigenvalue weighted by Gasteiger charge is 2.51. The molecule has 0 fully saturated rings. The molecule has 0 saturated carbocycles. The van der Waals surface area contributed by atoms with Crippen LogP contribution in [0.5, 0.6) is 0 Å². The fourth-order valence-electron chi connectivity index (χ4n) is 4.48. The van der Waals surface area contributed by atoms with Crippen LogP contribution in [0.15, 0.2) is 72.0 Å². The second kappa shape index (κ2) is 8.97. The molecule has 0 bridgehead atoms. The lowest BCUT2D eigenvalue weighted by Gasteiger charge is -2.26. The van der Waals surface area contributed by atoms with Crippen LogP contribution in [-0.4, -0.2) is 28.9 Å². The summed E-state index contributed by atoms with van der Waals surface area (Å²) in [7, 11) is -4.20. The van der Waals surface area contributed by atoms with Crippen LogP contribution in [0.3, 0.4) is 0 Å². The number of aromatic nitrogens is 3. The number of carbonyl (C=O) groups is 1. The first-order valence-electron chi connectivity index (χ1n) is 10.9. The van der Waals surface area contributed by atoms with Gasteiger partial charge in [-0.3, -0.25) is 9.36 Å². The van der Waals surface area contributed by atoms with E-state index in [1.54, 1.807) is 37.4 Å². The van der Waals surface area contributed by atoms with Crippen LogP contribution in [0.1, 0.15) is 18.2 Å². The first kappa shape index (κ1) is 24.9. The predicted molar refractivity (Wildman–Crippen MR) is 139 cm³/mol. The number of pyridine rings is 1. The first-order chi connectivity index (χ1) is 17.5. The Morgan fingerprint density at radius 2 is 1.65 bits per heavy atom. The molecule has 1 amide bonds. The van der Waals surface area contributed by atoms with E-state index in [1.807, 2.05) is 30.3 Å². The first-order valence-corrected chi connectivity index (χ1v) is 13.2. The molecule has 3 heterocycles. The van der Waals surface area contributed by atoms with Crippen molar-refractivity contribution in [2.24, 2.45) is 5.14 Å². The molecule has 0 aliphatic carbocycles. The van der Waals surface area contributed by atoms with Crippen molar-refractivity contribution >= 4 is 50.8 Å². The zero-order valence-electron chi connectivity index (χ0n) is 19.3. The summed E-state index contributed by atoms with van der Waals surface area (Å²) in [5, 5.41) is 14.8. The van der Waals surface area contributed by atoms with Crippen molar-refractivity contribution in [3.8, 4) is 17.2 Å². The molecule has 2 aromatic heterocycles. The number of fused-ring (bicyclic) bond motifs is 1.